The maximum Gasteiger partial charge on any atom is 0.326 e. The van der Waals surface area contributed by atoms with Crippen LogP contribution in [-0.2, 0) is 54.4 Å². The van der Waals surface area contributed by atoms with Crippen LogP contribution in [0.2, 0.25) is 0 Å². The van der Waals surface area contributed by atoms with Crippen LogP contribution >= 0.6 is 0 Å². The Morgan fingerprint density at radius 3 is 1.84 bits per heavy atom. The van der Waals surface area contributed by atoms with Crippen molar-refractivity contribution in [3.63, 3.8) is 0 Å². The van der Waals surface area contributed by atoms with E-state index in [9.17, 15) is 68.4 Å². The molecule has 344 valence electrons. The van der Waals surface area contributed by atoms with Gasteiger partial charge in [0, 0.05) is 13.0 Å². The molecule has 0 aliphatic carbocycles. The predicted molar refractivity (Wildman–Crippen MR) is 215 cm³/mol. The summed E-state index contributed by atoms with van der Waals surface area (Å²) < 4.78 is 0. The van der Waals surface area contributed by atoms with Crippen LogP contribution in [0.15, 0.2) is 30.3 Å². The van der Waals surface area contributed by atoms with E-state index in [0.29, 0.717) is 24.8 Å². The number of aliphatic carboxylic acids is 2. The number of likely N-dealkylation sites (tertiary alicyclic amines) is 1. The molecule has 24 nitrogen and oxygen atoms in total. The van der Waals surface area contributed by atoms with Crippen LogP contribution in [0.25, 0.3) is 0 Å². The smallest absolute Gasteiger partial charge is 0.326 e. The molecule has 1 saturated heterocycles. The van der Waals surface area contributed by atoms with E-state index < -0.39 is 133 Å². The zero-order valence-corrected chi connectivity index (χ0v) is 34.4. The van der Waals surface area contributed by atoms with Crippen LogP contribution in [0.4, 0.5) is 0 Å². The number of primary amides is 1. The molecule has 1 aromatic carbocycles. The lowest BCUT2D eigenvalue weighted by atomic mass is 10.0. The first-order valence-corrected chi connectivity index (χ1v) is 19.8. The minimum atomic E-state index is -1.74. The van der Waals surface area contributed by atoms with Crippen molar-refractivity contribution in [3.8, 4) is 0 Å². The summed E-state index contributed by atoms with van der Waals surface area (Å²) in [5.41, 5.74) is 17.0. The van der Waals surface area contributed by atoms with Gasteiger partial charge in [0.1, 0.15) is 48.3 Å². The van der Waals surface area contributed by atoms with Gasteiger partial charge in [-0.3, -0.25) is 43.2 Å². The molecule has 1 aliphatic heterocycles. The molecule has 1 aromatic rings. The van der Waals surface area contributed by atoms with Crippen LogP contribution < -0.4 is 49.1 Å². The molecule has 0 unspecified atom stereocenters. The standard InChI is InChI=1S/C38H58N10O14/c1-19(42-35(58)26(18-49)47-34(57)24(16-28(40)51)45-36(59)30(41)20(2)50)31(54)43-22(11-6-7-13-39)32(55)44-23(15-21-9-4-3-5-10-21)33(56)46-25(17-29(52)53)37(60)48-14-8-12-27(48)38(61)62/h3-5,9-10,19-20,22-27,30,49-50H,6-8,11-18,39,41H2,1-2H3,(H2,40,51)(H,42,58)(H,43,54)(H,44,55)(H,45,59)(H,46,56)(H,47,57)(H,52,53)(H,61,62)/t19-,20+,22-,23-,24-,25-,26-,27-,30-/m0/s1. The molecule has 0 radical (unpaired) electrons. The van der Waals surface area contributed by atoms with E-state index in [2.05, 4.69) is 31.9 Å². The summed E-state index contributed by atoms with van der Waals surface area (Å²) in [4.78, 5) is 129. The van der Waals surface area contributed by atoms with Crippen LogP contribution in [0.3, 0.4) is 0 Å². The molecule has 0 spiro atoms. The van der Waals surface area contributed by atoms with Crippen molar-refractivity contribution < 1.29 is 68.4 Å². The first-order valence-electron chi connectivity index (χ1n) is 19.8. The average molecular weight is 879 g/mol. The maximum absolute atomic E-state index is 13.9. The van der Waals surface area contributed by atoms with Crippen LogP contribution in [-0.4, -0.2) is 159 Å². The van der Waals surface area contributed by atoms with Crippen molar-refractivity contribution in [1.82, 2.24) is 36.8 Å². The Morgan fingerprint density at radius 2 is 1.27 bits per heavy atom. The Bertz CT molecular complexity index is 1770. The molecule has 16 N–H and O–H groups in total. The SMILES string of the molecule is C[C@H](NC(=O)[C@H](CO)NC(=O)[C@H](CC(N)=O)NC(=O)[C@@H](N)[C@@H](C)O)C(=O)N[C@@H](CCCCN)C(=O)N[C@@H](Cc1ccccc1)C(=O)N[C@@H](CC(=O)O)C(=O)N1CCC[C@H]1C(=O)O. The van der Waals surface area contributed by atoms with E-state index >= 15 is 0 Å². The number of carbonyl (C=O) groups is 10. The minimum Gasteiger partial charge on any atom is -0.481 e. The van der Waals surface area contributed by atoms with Crippen LogP contribution in [0.5, 0.6) is 0 Å². The van der Waals surface area contributed by atoms with Gasteiger partial charge in [-0.25, -0.2) is 4.79 Å². The van der Waals surface area contributed by atoms with Crippen molar-refractivity contribution >= 4 is 59.2 Å². The van der Waals surface area contributed by atoms with Gasteiger partial charge in [-0.05, 0) is 58.1 Å². The van der Waals surface area contributed by atoms with Crippen molar-refractivity contribution in [3.05, 3.63) is 35.9 Å². The summed E-state index contributed by atoms with van der Waals surface area (Å²) in [7, 11) is 0. The molecule has 9 atom stereocenters. The van der Waals surface area contributed by atoms with Gasteiger partial charge in [-0.15, -0.1) is 0 Å². The zero-order valence-electron chi connectivity index (χ0n) is 34.4. The molecule has 24 heteroatoms. The Kier molecular flexibility index (Phi) is 21.4. The molecule has 8 amide bonds. The van der Waals surface area contributed by atoms with Gasteiger partial charge in [0.2, 0.25) is 47.3 Å². The molecule has 62 heavy (non-hydrogen) atoms. The number of nitrogens with zero attached hydrogens (tertiary/aromatic N) is 1. The number of carboxylic acid groups (broad SMARTS) is 2. The average Bonchev–Trinajstić information content (AvgIpc) is 3.71. The number of nitrogens with two attached hydrogens (primary N) is 3. The lowest BCUT2D eigenvalue weighted by Crippen LogP contribution is -2.61. The van der Waals surface area contributed by atoms with Gasteiger partial charge >= 0.3 is 11.9 Å². The van der Waals surface area contributed by atoms with Crippen molar-refractivity contribution in [2.45, 2.75) is 120 Å². The highest BCUT2D eigenvalue weighted by molar-refractivity contribution is 5.99. The highest BCUT2D eigenvalue weighted by Crippen LogP contribution is 2.19. The third-order valence-electron chi connectivity index (χ3n) is 9.74. The lowest BCUT2D eigenvalue weighted by Gasteiger charge is -2.29. The number of benzene rings is 1. The second kappa shape index (κ2) is 25.5. The third-order valence-corrected chi connectivity index (χ3v) is 9.74. The molecule has 0 aromatic heterocycles. The summed E-state index contributed by atoms with van der Waals surface area (Å²) in [6.07, 6.45) is -2.02. The van der Waals surface area contributed by atoms with Crippen LogP contribution in [0.1, 0.15) is 64.4 Å². The molecule has 2 rings (SSSR count). The molecule has 0 saturated carbocycles. The predicted octanol–water partition coefficient (Wildman–Crippen LogP) is -5.59. The molecule has 1 heterocycles. The third kappa shape index (κ3) is 16.7. The number of hydrogen-bond acceptors (Lipinski definition) is 14. The summed E-state index contributed by atoms with van der Waals surface area (Å²) in [6, 6.07) is -3.80. The van der Waals surface area contributed by atoms with Gasteiger partial charge in [-0.1, -0.05) is 30.3 Å². The number of nitrogens with one attached hydrogen (secondary N) is 6. The van der Waals surface area contributed by atoms with Gasteiger partial charge in [0.15, 0.2) is 0 Å². The van der Waals surface area contributed by atoms with Gasteiger partial charge < -0.3 is 74.4 Å². The fourth-order valence-electron chi connectivity index (χ4n) is 6.27. The number of unbranched alkanes of at least 4 members (excludes halogenated alkanes) is 1. The molecular formula is C38H58N10O14. The Labute approximate surface area is 356 Å². The number of hydrogen-bond donors (Lipinski definition) is 13. The number of carboxylic acids is 2. The first-order chi connectivity index (χ1) is 29.2. The van der Waals surface area contributed by atoms with E-state index in [-0.39, 0.29) is 32.4 Å². The summed E-state index contributed by atoms with van der Waals surface area (Å²) in [6.45, 7) is 1.63. The second-order valence-electron chi connectivity index (χ2n) is 14.8. The van der Waals surface area contributed by atoms with E-state index in [0.717, 1.165) is 4.90 Å². The number of amides is 8. The Hall–Kier alpha value is -6.24. The molecule has 1 aliphatic rings. The highest BCUT2D eigenvalue weighted by Gasteiger charge is 2.40. The largest absolute Gasteiger partial charge is 0.481 e. The number of carbonyl (C=O) groups excluding carboxylic acids is 8. The molecular weight excluding hydrogens is 820 g/mol. The summed E-state index contributed by atoms with van der Waals surface area (Å²) in [5, 5.41) is 52.7. The quantitative estimate of drug-likeness (QED) is 0.0386. The zero-order chi connectivity index (χ0) is 46.7. The topological polar surface area (TPSA) is 405 Å². The lowest BCUT2D eigenvalue weighted by molar-refractivity contribution is -0.150. The van der Waals surface area contributed by atoms with Crippen molar-refractivity contribution in [2.24, 2.45) is 17.2 Å². The normalized spacial score (nSPS) is 17.3. The second-order valence-corrected chi connectivity index (χ2v) is 14.8. The van der Waals surface area contributed by atoms with E-state index in [1.807, 2.05) is 0 Å². The summed E-state index contributed by atoms with van der Waals surface area (Å²) >= 11 is 0. The van der Waals surface area contributed by atoms with E-state index in [1.165, 1.54) is 13.8 Å². The van der Waals surface area contributed by atoms with Crippen LogP contribution in [0, 0.1) is 0 Å². The number of aliphatic hydroxyl groups is 2. The molecule has 0 bridgehead atoms. The van der Waals surface area contributed by atoms with E-state index in [4.69, 9.17) is 17.2 Å². The molecule has 1 fully saturated rings. The highest BCUT2D eigenvalue weighted by atomic mass is 16.4. The van der Waals surface area contributed by atoms with Crippen molar-refractivity contribution in [2.75, 3.05) is 19.7 Å². The fraction of sp³-hybridized carbons (Fsp3) is 0.579. The fourth-order valence-corrected chi connectivity index (χ4v) is 6.27. The Balaban J connectivity index is 2.28. The number of aliphatic hydroxyl groups excluding tert-OH is 2. The summed E-state index contributed by atoms with van der Waals surface area (Å²) in [5.74, 6) is -10.8. The van der Waals surface area contributed by atoms with Crippen molar-refractivity contribution in [1.29, 1.82) is 0 Å². The number of rotatable bonds is 26. The maximum atomic E-state index is 13.9. The minimum absolute atomic E-state index is 0.0164. The Morgan fingerprint density at radius 1 is 0.726 bits per heavy atom. The van der Waals surface area contributed by atoms with Gasteiger partial charge in [-0.2, -0.15) is 0 Å². The monoisotopic (exact) mass is 878 g/mol. The van der Waals surface area contributed by atoms with Gasteiger partial charge in [0.05, 0.1) is 25.6 Å². The van der Waals surface area contributed by atoms with Gasteiger partial charge in [0.25, 0.3) is 0 Å². The van der Waals surface area contributed by atoms with E-state index in [1.54, 1.807) is 30.3 Å². The first kappa shape index (κ1) is 51.9.